The van der Waals surface area contributed by atoms with Gasteiger partial charge in [-0.1, -0.05) is 31.2 Å². The minimum atomic E-state index is 0.0996. The Bertz CT molecular complexity index is 653. The molecule has 0 spiro atoms. The summed E-state index contributed by atoms with van der Waals surface area (Å²) >= 11 is 2.24. The van der Waals surface area contributed by atoms with Gasteiger partial charge < -0.3 is 4.90 Å². The summed E-state index contributed by atoms with van der Waals surface area (Å²) in [6, 6.07) is 16.0. The third-order valence-corrected chi connectivity index (χ3v) is 4.33. The lowest BCUT2D eigenvalue weighted by molar-refractivity contribution is 0.0981. The minimum Gasteiger partial charge on any atom is -0.308 e. The number of fused-ring (bicyclic) bond motifs is 1. The van der Waals surface area contributed by atoms with Crippen molar-refractivity contribution in [2.75, 3.05) is 11.4 Å². The standard InChI is InChI=1S/C17H16INO/c1-12-9-13-5-2-3-8-16(13)19(11-12)17(20)14-6-4-7-15(18)10-14/h2-8,10,12H,9,11H2,1H3. The van der Waals surface area contributed by atoms with Crippen LogP contribution < -0.4 is 4.90 Å². The van der Waals surface area contributed by atoms with Gasteiger partial charge in [-0.3, -0.25) is 4.79 Å². The molecular weight excluding hydrogens is 361 g/mol. The van der Waals surface area contributed by atoms with Gasteiger partial charge in [0.1, 0.15) is 0 Å². The molecule has 1 unspecified atom stereocenters. The van der Waals surface area contributed by atoms with Crippen LogP contribution in [0.4, 0.5) is 5.69 Å². The quantitative estimate of drug-likeness (QED) is 0.685. The molecule has 1 aliphatic rings. The van der Waals surface area contributed by atoms with Crippen molar-refractivity contribution < 1.29 is 4.79 Å². The van der Waals surface area contributed by atoms with Gasteiger partial charge in [0.15, 0.2) is 0 Å². The summed E-state index contributed by atoms with van der Waals surface area (Å²) in [7, 11) is 0. The van der Waals surface area contributed by atoms with Crippen LogP contribution in [0, 0.1) is 9.49 Å². The molecule has 102 valence electrons. The van der Waals surface area contributed by atoms with E-state index >= 15 is 0 Å². The van der Waals surface area contributed by atoms with Crippen molar-refractivity contribution in [3.63, 3.8) is 0 Å². The second-order valence-electron chi connectivity index (χ2n) is 5.36. The summed E-state index contributed by atoms with van der Waals surface area (Å²) in [4.78, 5) is 14.7. The summed E-state index contributed by atoms with van der Waals surface area (Å²) in [5, 5.41) is 0. The number of nitrogens with zero attached hydrogens (tertiary/aromatic N) is 1. The van der Waals surface area contributed by atoms with E-state index < -0.39 is 0 Å². The second kappa shape index (κ2) is 5.56. The van der Waals surface area contributed by atoms with Crippen LogP contribution in [0.3, 0.4) is 0 Å². The van der Waals surface area contributed by atoms with Crippen LogP contribution in [0.2, 0.25) is 0 Å². The van der Waals surface area contributed by atoms with E-state index in [9.17, 15) is 4.79 Å². The molecule has 0 bridgehead atoms. The molecule has 3 heteroatoms. The van der Waals surface area contributed by atoms with Gasteiger partial charge in [-0.15, -0.1) is 0 Å². The van der Waals surface area contributed by atoms with Crippen molar-refractivity contribution in [2.24, 2.45) is 5.92 Å². The molecule has 3 rings (SSSR count). The third kappa shape index (κ3) is 2.59. The van der Waals surface area contributed by atoms with Crippen LogP contribution in [0.25, 0.3) is 0 Å². The smallest absolute Gasteiger partial charge is 0.258 e. The number of amides is 1. The first-order chi connectivity index (χ1) is 9.65. The minimum absolute atomic E-state index is 0.0996. The van der Waals surface area contributed by atoms with Crippen molar-refractivity contribution in [1.82, 2.24) is 0 Å². The molecule has 0 aromatic heterocycles. The van der Waals surface area contributed by atoms with Gasteiger partial charge >= 0.3 is 0 Å². The fourth-order valence-corrected chi connectivity index (χ4v) is 3.31. The number of hydrogen-bond acceptors (Lipinski definition) is 1. The number of anilines is 1. The first-order valence-electron chi connectivity index (χ1n) is 6.80. The van der Waals surface area contributed by atoms with E-state index in [4.69, 9.17) is 0 Å². The zero-order valence-corrected chi connectivity index (χ0v) is 13.5. The Morgan fingerprint density at radius 3 is 2.80 bits per heavy atom. The highest BCUT2D eigenvalue weighted by atomic mass is 127. The van der Waals surface area contributed by atoms with Gasteiger partial charge in [0.2, 0.25) is 0 Å². The summed E-state index contributed by atoms with van der Waals surface area (Å²) < 4.78 is 1.09. The van der Waals surface area contributed by atoms with E-state index in [0.29, 0.717) is 5.92 Å². The van der Waals surface area contributed by atoms with Crippen molar-refractivity contribution in [2.45, 2.75) is 13.3 Å². The largest absolute Gasteiger partial charge is 0.308 e. The maximum absolute atomic E-state index is 12.8. The number of hydrogen-bond donors (Lipinski definition) is 0. The number of benzene rings is 2. The second-order valence-corrected chi connectivity index (χ2v) is 6.61. The van der Waals surface area contributed by atoms with Crippen molar-refractivity contribution in [3.8, 4) is 0 Å². The van der Waals surface area contributed by atoms with Crippen molar-refractivity contribution in [3.05, 3.63) is 63.2 Å². The van der Waals surface area contributed by atoms with Gasteiger partial charge in [0.05, 0.1) is 0 Å². The van der Waals surface area contributed by atoms with Crippen LogP contribution in [-0.2, 0) is 6.42 Å². The Kier molecular flexibility index (Phi) is 3.78. The lowest BCUT2D eigenvalue weighted by Gasteiger charge is -2.33. The number of halogens is 1. The van der Waals surface area contributed by atoms with E-state index in [0.717, 1.165) is 27.8 Å². The predicted molar refractivity (Wildman–Crippen MR) is 90.1 cm³/mol. The predicted octanol–water partition coefficient (Wildman–Crippen LogP) is 4.13. The van der Waals surface area contributed by atoms with E-state index in [1.807, 2.05) is 47.4 Å². The lowest BCUT2D eigenvalue weighted by atomic mass is 9.93. The average molecular weight is 377 g/mol. The summed E-state index contributed by atoms with van der Waals surface area (Å²) in [5.41, 5.74) is 3.10. The summed E-state index contributed by atoms with van der Waals surface area (Å²) in [6.07, 6.45) is 1.05. The maximum atomic E-state index is 12.8. The molecule has 1 heterocycles. The normalized spacial score (nSPS) is 17.7. The van der Waals surface area contributed by atoms with Crippen LogP contribution in [0.1, 0.15) is 22.8 Å². The van der Waals surface area contributed by atoms with Crippen LogP contribution in [0.15, 0.2) is 48.5 Å². The number of carbonyl (C=O) groups excluding carboxylic acids is 1. The van der Waals surface area contributed by atoms with Crippen LogP contribution in [-0.4, -0.2) is 12.5 Å². The van der Waals surface area contributed by atoms with Gasteiger partial charge in [-0.25, -0.2) is 0 Å². The fourth-order valence-electron chi connectivity index (χ4n) is 2.77. The molecule has 0 radical (unpaired) electrons. The monoisotopic (exact) mass is 377 g/mol. The molecule has 0 saturated carbocycles. The molecule has 0 fully saturated rings. The molecule has 0 N–H and O–H groups in total. The Morgan fingerprint density at radius 2 is 2.00 bits per heavy atom. The highest BCUT2D eigenvalue weighted by Crippen LogP contribution is 2.30. The maximum Gasteiger partial charge on any atom is 0.258 e. The molecule has 20 heavy (non-hydrogen) atoms. The molecule has 1 atom stereocenters. The number of para-hydroxylation sites is 1. The zero-order chi connectivity index (χ0) is 14.1. The zero-order valence-electron chi connectivity index (χ0n) is 11.3. The molecule has 2 nitrogen and oxygen atoms in total. The molecule has 2 aromatic carbocycles. The molecule has 1 aliphatic heterocycles. The molecular formula is C17H16INO. The SMILES string of the molecule is CC1Cc2ccccc2N(C(=O)c2cccc(I)c2)C1. The Hall–Kier alpha value is -1.36. The van der Waals surface area contributed by atoms with Crippen LogP contribution >= 0.6 is 22.6 Å². The average Bonchev–Trinajstić information content (AvgIpc) is 2.45. The highest BCUT2D eigenvalue weighted by Gasteiger charge is 2.26. The number of carbonyl (C=O) groups is 1. The van der Waals surface area contributed by atoms with Gasteiger partial charge in [-0.05, 0) is 64.8 Å². The van der Waals surface area contributed by atoms with Crippen molar-refractivity contribution >= 4 is 34.2 Å². The molecule has 0 aliphatic carbocycles. The molecule has 1 amide bonds. The molecule has 2 aromatic rings. The van der Waals surface area contributed by atoms with Gasteiger partial charge in [0.25, 0.3) is 5.91 Å². The van der Waals surface area contributed by atoms with Crippen molar-refractivity contribution in [1.29, 1.82) is 0 Å². The number of rotatable bonds is 1. The topological polar surface area (TPSA) is 20.3 Å². The van der Waals surface area contributed by atoms with E-state index in [1.165, 1.54) is 5.56 Å². The third-order valence-electron chi connectivity index (χ3n) is 3.66. The summed E-state index contributed by atoms with van der Waals surface area (Å²) in [5.74, 6) is 0.596. The summed E-state index contributed by atoms with van der Waals surface area (Å²) in [6.45, 7) is 2.99. The fraction of sp³-hybridized carbons (Fsp3) is 0.235. The van der Waals surface area contributed by atoms with E-state index in [2.05, 4.69) is 35.6 Å². The Morgan fingerprint density at radius 1 is 1.20 bits per heavy atom. The highest BCUT2D eigenvalue weighted by molar-refractivity contribution is 14.1. The van der Waals surface area contributed by atoms with E-state index in [-0.39, 0.29) is 5.91 Å². The first-order valence-corrected chi connectivity index (χ1v) is 7.88. The Labute approximate surface area is 132 Å². The molecule has 0 saturated heterocycles. The first kappa shape index (κ1) is 13.6. The van der Waals surface area contributed by atoms with Gasteiger partial charge in [0, 0.05) is 21.4 Å². The van der Waals surface area contributed by atoms with Crippen LogP contribution in [0.5, 0.6) is 0 Å². The lowest BCUT2D eigenvalue weighted by Crippen LogP contribution is -2.39. The van der Waals surface area contributed by atoms with Gasteiger partial charge in [-0.2, -0.15) is 0 Å². The Balaban J connectivity index is 2.00. The van der Waals surface area contributed by atoms with E-state index in [1.54, 1.807) is 0 Å².